The average Bonchev–Trinajstić information content (AvgIpc) is 3.34. The van der Waals surface area contributed by atoms with Gasteiger partial charge in [-0.25, -0.2) is 9.97 Å². The number of benzene rings is 1. The van der Waals surface area contributed by atoms with E-state index in [4.69, 9.17) is 14.1 Å². The first kappa shape index (κ1) is 20.3. The Hall–Kier alpha value is -3.93. The molecule has 0 unspecified atom stereocenters. The molecular formula is C22H21N5O4. The number of carbonyl (C=O) groups excluding carboxylic acids is 2. The Morgan fingerprint density at radius 2 is 1.84 bits per heavy atom. The van der Waals surface area contributed by atoms with E-state index in [2.05, 4.69) is 4.98 Å². The molecule has 3 heterocycles. The molecule has 0 N–H and O–H groups in total. The van der Waals surface area contributed by atoms with Gasteiger partial charge in [0.05, 0.1) is 30.0 Å². The van der Waals surface area contributed by atoms with Crippen molar-refractivity contribution >= 4 is 28.7 Å². The van der Waals surface area contributed by atoms with Gasteiger partial charge in [-0.05, 0) is 31.2 Å². The number of piperazine rings is 1. The molecule has 4 rings (SSSR count). The minimum Gasteiger partial charge on any atom is -0.465 e. The molecule has 0 spiro atoms. The fourth-order valence-electron chi connectivity index (χ4n) is 3.56. The number of nitrogens with zero attached hydrogens (tertiary/aromatic N) is 5. The number of carbonyl (C=O) groups is 2. The average molecular weight is 419 g/mol. The molecule has 3 aromatic rings. The third-order valence-electron chi connectivity index (χ3n) is 5.10. The number of hydrogen-bond acceptors (Lipinski definition) is 8. The van der Waals surface area contributed by atoms with Gasteiger partial charge in [-0.2, -0.15) is 5.26 Å². The maximum absolute atomic E-state index is 12.5. The summed E-state index contributed by atoms with van der Waals surface area (Å²) >= 11 is 0. The molecule has 0 saturated carbocycles. The van der Waals surface area contributed by atoms with Crippen LogP contribution in [0.2, 0.25) is 0 Å². The highest BCUT2D eigenvalue weighted by molar-refractivity contribution is 5.91. The first-order valence-electron chi connectivity index (χ1n) is 10.0. The molecule has 1 saturated heterocycles. The van der Waals surface area contributed by atoms with E-state index in [0.29, 0.717) is 48.8 Å². The molecule has 0 aliphatic carbocycles. The quantitative estimate of drug-likeness (QED) is 0.579. The highest BCUT2D eigenvalue weighted by Crippen LogP contribution is 2.29. The lowest BCUT2D eigenvalue weighted by Gasteiger charge is -2.35. The van der Waals surface area contributed by atoms with Gasteiger partial charge in [0, 0.05) is 26.2 Å². The van der Waals surface area contributed by atoms with Gasteiger partial charge in [-0.3, -0.25) is 9.59 Å². The van der Waals surface area contributed by atoms with Crippen LogP contribution in [-0.2, 0) is 9.53 Å². The smallest absolute Gasteiger partial charge is 0.329 e. The van der Waals surface area contributed by atoms with E-state index in [1.165, 1.54) is 6.26 Å². The Bertz CT molecular complexity index is 1130. The summed E-state index contributed by atoms with van der Waals surface area (Å²) in [5.74, 6) is -1.25. The Morgan fingerprint density at radius 1 is 1.13 bits per heavy atom. The number of anilines is 1. The monoisotopic (exact) mass is 419 g/mol. The van der Waals surface area contributed by atoms with Gasteiger partial charge < -0.3 is 19.0 Å². The first-order valence-corrected chi connectivity index (χ1v) is 10.0. The Kier molecular flexibility index (Phi) is 5.80. The maximum atomic E-state index is 12.5. The normalized spacial score (nSPS) is 14.8. The van der Waals surface area contributed by atoms with Gasteiger partial charge >= 0.3 is 5.97 Å². The third kappa shape index (κ3) is 4.05. The van der Waals surface area contributed by atoms with Crippen LogP contribution in [0.25, 0.3) is 11.0 Å². The first-order chi connectivity index (χ1) is 15.1. The number of amides is 1. The lowest BCUT2D eigenvalue weighted by atomic mass is 10.1. The van der Waals surface area contributed by atoms with Crippen LogP contribution in [0, 0.1) is 11.3 Å². The molecule has 1 aliphatic rings. The van der Waals surface area contributed by atoms with E-state index >= 15 is 0 Å². The van der Waals surface area contributed by atoms with Gasteiger partial charge in [0.2, 0.25) is 0 Å². The van der Waals surface area contributed by atoms with Crippen LogP contribution in [0.15, 0.2) is 47.1 Å². The van der Waals surface area contributed by atoms with Gasteiger partial charge in [0.25, 0.3) is 5.91 Å². The zero-order valence-electron chi connectivity index (χ0n) is 17.0. The van der Waals surface area contributed by atoms with Crippen LogP contribution in [0.1, 0.15) is 29.1 Å². The molecule has 1 amide bonds. The Balaban J connectivity index is 1.64. The van der Waals surface area contributed by atoms with Crippen molar-refractivity contribution in [1.82, 2.24) is 14.9 Å². The zero-order chi connectivity index (χ0) is 21.8. The third-order valence-corrected chi connectivity index (χ3v) is 5.10. The number of rotatable bonds is 5. The molecule has 2 aromatic heterocycles. The van der Waals surface area contributed by atoms with Gasteiger partial charge in [-0.15, -0.1) is 0 Å². The minimum absolute atomic E-state index is 0.168. The number of aromatic nitrogens is 2. The zero-order valence-corrected chi connectivity index (χ0v) is 17.0. The second-order valence-electron chi connectivity index (χ2n) is 6.99. The van der Waals surface area contributed by atoms with Crippen LogP contribution < -0.4 is 4.90 Å². The second-order valence-corrected chi connectivity index (χ2v) is 6.99. The second kappa shape index (κ2) is 8.83. The summed E-state index contributed by atoms with van der Waals surface area (Å²) in [5, 5.41) is 9.69. The molecule has 1 aliphatic heterocycles. The van der Waals surface area contributed by atoms with Crippen LogP contribution in [0.5, 0.6) is 0 Å². The molecule has 158 valence electrons. The Labute approximate surface area is 178 Å². The Morgan fingerprint density at radius 3 is 2.45 bits per heavy atom. The van der Waals surface area contributed by atoms with E-state index in [1.54, 1.807) is 30.0 Å². The van der Waals surface area contributed by atoms with E-state index < -0.39 is 11.9 Å². The molecular weight excluding hydrogens is 398 g/mol. The topological polar surface area (TPSA) is 113 Å². The summed E-state index contributed by atoms with van der Waals surface area (Å²) < 4.78 is 10.3. The fraction of sp³-hybridized carbons (Fsp3) is 0.318. The number of fused-ring (bicyclic) bond motifs is 1. The summed E-state index contributed by atoms with van der Waals surface area (Å²) in [6, 6.07) is 12.6. The molecule has 0 bridgehead atoms. The molecule has 0 radical (unpaired) electrons. The lowest BCUT2D eigenvalue weighted by molar-refractivity contribution is -0.143. The molecule has 1 aromatic carbocycles. The summed E-state index contributed by atoms with van der Waals surface area (Å²) in [7, 11) is 0. The number of nitriles is 1. The predicted octanol–water partition coefficient (Wildman–Crippen LogP) is 2.36. The van der Waals surface area contributed by atoms with Gasteiger partial charge in [0.15, 0.2) is 17.5 Å². The van der Waals surface area contributed by atoms with Crippen molar-refractivity contribution in [2.45, 2.75) is 12.8 Å². The van der Waals surface area contributed by atoms with Gasteiger partial charge in [-0.1, -0.05) is 12.1 Å². The summed E-state index contributed by atoms with van der Waals surface area (Å²) in [5.41, 5.74) is 1.53. The van der Waals surface area contributed by atoms with Crippen molar-refractivity contribution in [1.29, 1.82) is 5.26 Å². The van der Waals surface area contributed by atoms with Crippen LogP contribution in [0.3, 0.4) is 0 Å². The molecule has 31 heavy (non-hydrogen) atoms. The predicted molar refractivity (Wildman–Crippen MR) is 111 cm³/mol. The van der Waals surface area contributed by atoms with Crippen molar-refractivity contribution in [3.8, 4) is 6.07 Å². The van der Waals surface area contributed by atoms with E-state index in [9.17, 15) is 14.9 Å². The summed E-state index contributed by atoms with van der Waals surface area (Å²) in [6.45, 7) is 3.71. The fourth-order valence-corrected chi connectivity index (χ4v) is 3.56. The highest BCUT2D eigenvalue weighted by Gasteiger charge is 2.32. The standard InChI is InChI=1S/C22H21N5O4/c1-2-30-22(29)15(14-23)19-20(25-17-7-4-3-6-16(17)24-19)26-9-11-27(12-10-26)21(28)18-8-5-13-31-18/h3-8,13,15H,2,9-12H2,1H3/t15-/m0/s1. The summed E-state index contributed by atoms with van der Waals surface area (Å²) in [6.07, 6.45) is 1.47. The maximum Gasteiger partial charge on any atom is 0.329 e. The lowest BCUT2D eigenvalue weighted by Crippen LogP contribution is -2.49. The van der Waals surface area contributed by atoms with Crippen LogP contribution >= 0.6 is 0 Å². The van der Waals surface area contributed by atoms with E-state index in [0.717, 1.165) is 0 Å². The molecule has 9 nitrogen and oxygen atoms in total. The number of esters is 1. The van der Waals surface area contributed by atoms with Crippen molar-refractivity contribution in [2.75, 3.05) is 37.7 Å². The van der Waals surface area contributed by atoms with Crippen LogP contribution in [0.4, 0.5) is 5.82 Å². The van der Waals surface area contributed by atoms with E-state index in [1.807, 2.05) is 29.2 Å². The molecule has 1 fully saturated rings. The van der Waals surface area contributed by atoms with Crippen LogP contribution in [-0.4, -0.2) is 59.5 Å². The number of furan rings is 1. The van der Waals surface area contributed by atoms with Gasteiger partial charge in [0.1, 0.15) is 5.69 Å². The molecule has 9 heteroatoms. The SMILES string of the molecule is CCOC(=O)[C@@H](C#N)c1nc2ccccc2nc1N1CCN(C(=O)c2ccco2)CC1. The van der Waals surface area contributed by atoms with Crippen molar-refractivity contribution in [3.05, 3.63) is 54.1 Å². The summed E-state index contributed by atoms with van der Waals surface area (Å²) in [4.78, 5) is 37.9. The molecule has 1 atom stereocenters. The number of hydrogen-bond donors (Lipinski definition) is 0. The minimum atomic E-state index is -1.19. The van der Waals surface area contributed by atoms with Crippen molar-refractivity contribution < 1.29 is 18.7 Å². The number of ether oxygens (including phenoxy) is 1. The largest absolute Gasteiger partial charge is 0.465 e. The van der Waals surface area contributed by atoms with Crippen molar-refractivity contribution in [3.63, 3.8) is 0 Å². The highest BCUT2D eigenvalue weighted by atomic mass is 16.5. The van der Waals surface area contributed by atoms with E-state index in [-0.39, 0.29) is 18.2 Å². The number of para-hydroxylation sites is 2. The van der Waals surface area contributed by atoms with Crippen molar-refractivity contribution in [2.24, 2.45) is 0 Å².